The molecule has 1 heterocycles. The largest absolute Gasteiger partial charge is 0.333 e. The van der Waals surface area contributed by atoms with Crippen LogP contribution >= 0.6 is 0 Å². The average molecular weight is 304 g/mol. The highest BCUT2D eigenvalue weighted by Crippen LogP contribution is 2.23. The number of nitrogens with one attached hydrogen (secondary N) is 3. The summed E-state index contributed by atoms with van der Waals surface area (Å²) in [5, 5.41) is 8.09. The summed E-state index contributed by atoms with van der Waals surface area (Å²) < 4.78 is 0. The third kappa shape index (κ3) is 3.55. The SMILES string of the molecule is CN1C(=O)NC(c2cccc(NC(=O)NC(C)(C)C)c2)C1=O. The highest BCUT2D eigenvalue weighted by Gasteiger charge is 2.36. The smallest absolute Gasteiger partial charge is 0.324 e. The van der Waals surface area contributed by atoms with Crippen LogP contribution < -0.4 is 16.0 Å². The monoisotopic (exact) mass is 304 g/mol. The van der Waals surface area contributed by atoms with E-state index in [1.165, 1.54) is 7.05 Å². The normalized spacial score (nSPS) is 18.2. The summed E-state index contributed by atoms with van der Waals surface area (Å²) in [7, 11) is 1.43. The molecule has 1 aliphatic heterocycles. The van der Waals surface area contributed by atoms with E-state index in [4.69, 9.17) is 0 Å². The van der Waals surface area contributed by atoms with Crippen LogP contribution in [0.5, 0.6) is 0 Å². The first kappa shape index (κ1) is 15.8. The zero-order chi connectivity index (χ0) is 16.5. The molecule has 0 radical (unpaired) electrons. The lowest BCUT2D eigenvalue weighted by Gasteiger charge is -2.21. The topological polar surface area (TPSA) is 90.5 Å². The minimum atomic E-state index is -0.718. The van der Waals surface area contributed by atoms with E-state index in [0.717, 1.165) is 4.90 Å². The molecular weight excluding hydrogens is 284 g/mol. The van der Waals surface area contributed by atoms with Gasteiger partial charge in [0.15, 0.2) is 0 Å². The van der Waals surface area contributed by atoms with Crippen LogP contribution in [-0.2, 0) is 4.79 Å². The minimum Gasteiger partial charge on any atom is -0.333 e. The minimum absolute atomic E-state index is 0.318. The van der Waals surface area contributed by atoms with Gasteiger partial charge in [0.25, 0.3) is 5.91 Å². The molecule has 1 saturated heterocycles. The van der Waals surface area contributed by atoms with Crippen LogP contribution in [0.4, 0.5) is 15.3 Å². The number of nitrogens with zero attached hydrogens (tertiary/aromatic N) is 1. The molecule has 1 atom stereocenters. The second-order valence-corrected chi connectivity index (χ2v) is 6.23. The van der Waals surface area contributed by atoms with E-state index in [9.17, 15) is 14.4 Å². The Labute approximate surface area is 129 Å². The molecule has 0 saturated carbocycles. The molecule has 5 amide bonds. The molecular formula is C15H20N4O3. The zero-order valence-electron chi connectivity index (χ0n) is 13.1. The van der Waals surface area contributed by atoms with Crippen molar-refractivity contribution in [3.05, 3.63) is 29.8 Å². The number of benzene rings is 1. The van der Waals surface area contributed by atoms with Gasteiger partial charge in [-0.3, -0.25) is 9.69 Å². The standard InChI is InChI=1S/C15H20N4O3/c1-15(2,3)18-13(21)16-10-7-5-6-9(8-10)11-12(20)19(4)14(22)17-11/h5-8,11H,1-4H3,(H,17,22)(H2,16,18,21). The van der Waals surface area contributed by atoms with Gasteiger partial charge in [-0.15, -0.1) is 0 Å². The van der Waals surface area contributed by atoms with Crippen molar-refractivity contribution in [1.29, 1.82) is 0 Å². The second-order valence-electron chi connectivity index (χ2n) is 6.23. The predicted octanol–water partition coefficient (Wildman–Crippen LogP) is 1.83. The number of likely N-dealkylation sites (N-methyl/N-ethyl adjacent to an activating group) is 1. The molecule has 1 aromatic carbocycles. The lowest BCUT2D eigenvalue weighted by Crippen LogP contribution is -2.43. The van der Waals surface area contributed by atoms with Gasteiger partial charge in [0.2, 0.25) is 0 Å². The third-order valence-corrected chi connectivity index (χ3v) is 3.12. The van der Waals surface area contributed by atoms with Crippen molar-refractivity contribution in [3.8, 4) is 0 Å². The molecule has 1 unspecified atom stereocenters. The fraction of sp³-hybridized carbons (Fsp3) is 0.400. The van der Waals surface area contributed by atoms with E-state index in [1.54, 1.807) is 24.3 Å². The van der Waals surface area contributed by atoms with Crippen LogP contribution in [-0.4, -0.2) is 35.5 Å². The molecule has 0 aromatic heterocycles. The summed E-state index contributed by atoms with van der Waals surface area (Å²) >= 11 is 0. The number of carbonyl (C=O) groups is 3. The zero-order valence-corrected chi connectivity index (χ0v) is 13.1. The van der Waals surface area contributed by atoms with Crippen LogP contribution in [0.3, 0.4) is 0 Å². The van der Waals surface area contributed by atoms with Gasteiger partial charge in [-0.25, -0.2) is 9.59 Å². The van der Waals surface area contributed by atoms with E-state index in [-0.39, 0.29) is 17.5 Å². The summed E-state index contributed by atoms with van der Waals surface area (Å²) in [6.45, 7) is 5.64. The van der Waals surface area contributed by atoms with Gasteiger partial charge in [-0.1, -0.05) is 12.1 Å². The number of rotatable bonds is 2. The lowest BCUT2D eigenvalue weighted by atomic mass is 10.1. The number of urea groups is 2. The highest BCUT2D eigenvalue weighted by atomic mass is 16.2. The Bertz CT molecular complexity index is 621. The van der Waals surface area contributed by atoms with Gasteiger partial charge in [-0.05, 0) is 38.5 Å². The van der Waals surface area contributed by atoms with Crippen LogP contribution in [0.15, 0.2) is 24.3 Å². The van der Waals surface area contributed by atoms with Gasteiger partial charge < -0.3 is 16.0 Å². The Hall–Kier alpha value is -2.57. The summed E-state index contributed by atoms with van der Waals surface area (Å²) in [4.78, 5) is 36.4. The number of hydrogen-bond acceptors (Lipinski definition) is 3. The van der Waals surface area contributed by atoms with Crippen molar-refractivity contribution in [2.24, 2.45) is 0 Å². The maximum atomic E-state index is 12.0. The number of anilines is 1. The summed E-state index contributed by atoms with van der Waals surface area (Å²) in [5.41, 5.74) is 0.826. The molecule has 118 valence electrons. The molecule has 1 aliphatic rings. The fourth-order valence-corrected chi connectivity index (χ4v) is 2.10. The molecule has 1 fully saturated rings. The average Bonchev–Trinajstić information content (AvgIpc) is 2.64. The Morgan fingerprint density at radius 3 is 2.50 bits per heavy atom. The van der Waals surface area contributed by atoms with E-state index in [1.807, 2.05) is 20.8 Å². The van der Waals surface area contributed by atoms with Crippen LogP contribution in [0.2, 0.25) is 0 Å². The first-order chi connectivity index (χ1) is 10.2. The Balaban J connectivity index is 2.13. The quantitative estimate of drug-likeness (QED) is 0.728. The summed E-state index contributed by atoms with van der Waals surface area (Å²) in [6, 6.07) is 5.36. The van der Waals surface area contributed by atoms with Gasteiger partial charge in [-0.2, -0.15) is 0 Å². The highest BCUT2D eigenvalue weighted by molar-refractivity contribution is 6.04. The second kappa shape index (κ2) is 5.67. The summed E-state index contributed by atoms with van der Waals surface area (Å²) in [6.07, 6.45) is 0. The lowest BCUT2D eigenvalue weighted by molar-refractivity contribution is -0.126. The molecule has 2 rings (SSSR count). The first-order valence-corrected chi connectivity index (χ1v) is 6.94. The van der Waals surface area contributed by atoms with Crippen molar-refractivity contribution in [3.63, 3.8) is 0 Å². The number of imide groups is 1. The van der Waals surface area contributed by atoms with E-state index in [2.05, 4.69) is 16.0 Å². The van der Waals surface area contributed by atoms with Gasteiger partial charge in [0.05, 0.1) is 0 Å². The van der Waals surface area contributed by atoms with E-state index >= 15 is 0 Å². The maximum absolute atomic E-state index is 12.0. The van der Waals surface area contributed by atoms with Crippen LogP contribution in [0.25, 0.3) is 0 Å². The van der Waals surface area contributed by atoms with Crippen molar-refractivity contribution < 1.29 is 14.4 Å². The first-order valence-electron chi connectivity index (χ1n) is 6.94. The van der Waals surface area contributed by atoms with Crippen molar-refractivity contribution >= 4 is 23.7 Å². The molecule has 0 aliphatic carbocycles. The molecule has 0 bridgehead atoms. The van der Waals surface area contributed by atoms with Gasteiger partial charge in [0.1, 0.15) is 6.04 Å². The number of amides is 5. The van der Waals surface area contributed by atoms with Crippen molar-refractivity contribution in [1.82, 2.24) is 15.5 Å². The van der Waals surface area contributed by atoms with Gasteiger partial charge >= 0.3 is 12.1 Å². The maximum Gasteiger partial charge on any atom is 0.324 e. The number of hydrogen-bond donors (Lipinski definition) is 3. The Kier molecular flexibility index (Phi) is 4.07. The molecule has 1 aromatic rings. The van der Waals surface area contributed by atoms with Crippen LogP contribution in [0, 0.1) is 0 Å². The molecule has 3 N–H and O–H groups in total. The number of carbonyl (C=O) groups excluding carboxylic acids is 3. The summed E-state index contributed by atoms with van der Waals surface area (Å²) in [5.74, 6) is -0.318. The third-order valence-electron chi connectivity index (χ3n) is 3.12. The van der Waals surface area contributed by atoms with Crippen molar-refractivity contribution in [2.75, 3.05) is 12.4 Å². The van der Waals surface area contributed by atoms with Gasteiger partial charge in [0, 0.05) is 18.3 Å². The Morgan fingerprint density at radius 1 is 1.27 bits per heavy atom. The molecule has 7 heteroatoms. The van der Waals surface area contributed by atoms with Crippen molar-refractivity contribution in [2.45, 2.75) is 32.4 Å². The predicted molar refractivity (Wildman–Crippen MR) is 82.4 cm³/mol. The molecule has 7 nitrogen and oxygen atoms in total. The fourth-order valence-electron chi connectivity index (χ4n) is 2.10. The van der Waals surface area contributed by atoms with E-state index < -0.39 is 12.1 Å². The van der Waals surface area contributed by atoms with Crippen LogP contribution in [0.1, 0.15) is 32.4 Å². The molecule has 0 spiro atoms. The Morgan fingerprint density at radius 2 is 1.95 bits per heavy atom. The molecule has 22 heavy (non-hydrogen) atoms. The van der Waals surface area contributed by atoms with E-state index in [0.29, 0.717) is 11.3 Å².